The van der Waals surface area contributed by atoms with E-state index in [9.17, 15) is 18.9 Å². The number of aromatic amines is 1. The number of halogens is 1. The Kier molecular flexibility index (Phi) is 3.34. The van der Waals surface area contributed by atoms with Gasteiger partial charge in [0.15, 0.2) is 0 Å². The summed E-state index contributed by atoms with van der Waals surface area (Å²) in [6.07, 6.45) is 2.68. The highest BCUT2D eigenvalue weighted by molar-refractivity contribution is 5.84. The van der Waals surface area contributed by atoms with Gasteiger partial charge < -0.3 is 10.3 Å². The molecule has 0 aliphatic heterocycles. The van der Waals surface area contributed by atoms with Crippen LogP contribution in [0.15, 0.2) is 52.3 Å². The van der Waals surface area contributed by atoms with Crippen molar-refractivity contribution in [1.29, 1.82) is 0 Å². The first kappa shape index (κ1) is 13.8. The average molecular weight is 302 g/mol. The predicted molar refractivity (Wildman–Crippen MR) is 77.4 cm³/mol. The minimum atomic E-state index is -1.34. The van der Waals surface area contributed by atoms with Gasteiger partial charge in [-0.1, -0.05) is 27.5 Å². The van der Waals surface area contributed by atoms with E-state index in [4.69, 9.17) is 0 Å². The lowest BCUT2D eigenvalue weighted by molar-refractivity contribution is 0.236. The van der Waals surface area contributed by atoms with Crippen molar-refractivity contribution in [3.63, 3.8) is 0 Å². The number of para-hydroxylation sites is 1. The summed E-state index contributed by atoms with van der Waals surface area (Å²) in [5.74, 6) is 0. The molecule has 2 aromatic heterocycles. The molecule has 0 aliphatic rings. The number of H-pyrrole nitrogens is 1. The molecule has 7 nitrogen and oxygen atoms in total. The smallest absolute Gasteiger partial charge is 0.361 e. The molecule has 1 aromatic carbocycles. The van der Waals surface area contributed by atoms with Crippen LogP contribution in [0.1, 0.15) is 5.56 Å². The largest absolute Gasteiger partial charge is 0.368 e. The minimum absolute atomic E-state index is 0.153. The summed E-state index contributed by atoms with van der Waals surface area (Å²) in [5, 5.41) is 3.44. The van der Waals surface area contributed by atoms with Crippen molar-refractivity contribution in [2.75, 3.05) is 0 Å². The van der Waals surface area contributed by atoms with Crippen LogP contribution in [0, 0.1) is 0 Å². The number of hydrogen-bond donors (Lipinski definition) is 2. The van der Waals surface area contributed by atoms with Crippen molar-refractivity contribution < 1.29 is 9.28 Å². The van der Waals surface area contributed by atoms with Crippen LogP contribution in [0.4, 0.5) is 9.28 Å². The van der Waals surface area contributed by atoms with Gasteiger partial charge in [-0.05, 0) is 11.6 Å². The van der Waals surface area contributed by atoms with Crippen molar-refractivity contribution in [2.45, 2.75) is 6.54 Å². The molecular formula is C14H11FN4O3. The highest BCUT2D eigenvalue weighted by Gasteiger charge is 2.11. The Morgan fingerprint density at radius 2 is 2.00 bits per heavy atom. The van der Waals surface area contributed by atoms with Crippen LogP contribution in [0.2, 0.25) is 0 Å². The normalized spacial score (nSPS) is 10.8. The minimum Gasteiger partial charge on any atom is -0.361 e. The second-order valence-electron chi connectivity index (χ2n) is 4.61. The second-order valence-corrected chi connectivity index (χ2v) is 4.61. The molecule has 0 bridgehead atoms. The van der Waals surface area contributed by atoms with Gasteiger partial charge in [0.05, 0.1) is 0 Å². The Hall–Kier alpha value is -3.16. The Morgan fingerprint density at radius 1 is 1.23 bits per heavy atom. The zero-order valence-corrected chi connectivity index (χ0v) is 11.2. The number of nitrogens with zero attached hydrogens (tertiary/aromatic N) is 2. The van der Waals surface area contributed by atoms with Crippen LogP contribution in [0.25, 0.3) is 10.9 Å². The fourth-order valence-electron chi connectivity index (χ4n) is 2.14. The number of rotatable bonds is 2. The van der Waals surface area contributed by atoms with Crippen LogP contribution in [-0.4, -0.2) is 20.4 Å². The average Bonchev–Trinajstić information content (AvgIpc) is 2.94. The van der Waals surface area contributed by atoms with Crippen molar-refractivity contribution in [2.24, 2.45) is 0 Å². The molecule has 112 valence electrons. The Morgan fingerprint density at radius 3 is 2.82 bits per heavy atom. The third-order valence-electron chi connectivity index (χ3n) is 3.26. The van der Waals surface area contributed by atoms with Gasteiger partial charge in [0.1, 0.15) is 0 Å². The van der Waals surface area contributed by atoms with Gasteiger partial charge in [-0.15, -0.1) is 0 Å². The Bertz CT molecular complexity index is 970. The summed E-state index contributed by atoms with van der Waals surface area (Å²) in [4.78, 5) is 36.8. The van der Waals surface area contributed by atoms with Crippen molar-refractivity contribution in [3.05, 3.63) is 69.1 Å². The van der Waals surface area contributed by atoms with E-state index in [-0.39, 0.29) is 6.54 Å². The summed E-state index contributed by atoms with van der Waals surface area (Å²) in [5.41, 5.74) is -0.721. The van der Waals surface area contributed by atoms with E-state index in [2.05, 4.69) is 10.3 Å². The molecule has 8 heteroatoms. The van der Waals surface area contributed by atoms with E-state index in [0.29, 0.717) is 4.57 Å². The molecular weight excluding hydrogens is 291 g/mol. The van der Waals surface area contributed by atoms with E-state index in [0.717, 1.165) is 28.7 Å². The predicted octanol–water partition coefficient (Wildman–Crippen LogP) is 0.982. The molecule has 0 spiro atoms. The molecule has 2 N–H and O–H groups in total. The molecule has 1 amide bonds. The molecule has 0 saturated heterocycles. The van der Waals surface area contributed by atoms with E-state index in [1.807, 2.05) is 24.3 Å². The third-order valence-corrected chi connectivity index (χ3v) is 3.26. The number of nitrogens with one attached hydrogen (secondary N) is 2. The number of benzene rings is 1. The zero-order chi connectivity index (χ0) is 15.7. The van der Waals surface area contributed by atoms with Crippen LogP contribution in [-0.2, 0) is 6.54 Å². The summed E-state index contributed by atoms with van der Waals surface area (Å²) < 4.78 is 13.7. The number of hydrogen-bond acceptors (Lipinski definition) is 3. The SMILES string of the molecule is O=C(NCc1c[nH]c2ccccc12)n1ccc(=O)n(F)c1=O. The lowest BCUT2D eigenvalue weighted by Gasteiger charge is -2.06. The molecule has 0 aliphatic carbocycles. The van der Waals surface area contributed by atoms with Crippen LogP contribution < -0.4 is 16.6 Å². The molecule has 0 fully saturated rings. The first-order valence-electron chi connectivity index (χ1n) is 6.42. The molecule has 3 rings (SSSR count). The van der Waals surface area contributed by atoms with Gasteiger partial charge in [0.25, 0.3) is 5.56 Å². The van der Waals surface area contributed by atoms with Crippen LogP contribution in [0.3, 0.4) is 0 Å². The maximum Gasteiger partial charge on any atom is 0.368 e. The molecule has 0 radical (unpaired) electrons. The van der Waals surface area contributed by atoms with Crippen molar-refractivity contribution >= 4 is 16.9 Å². The lowest BCUT2D eigenvalue weighted by Crippen LogP contribution is -2.42. The third kappa shape index (κ3) is 2.30. The fourth-order valence-corrected chi connectivity index (χ4v) is 2.14. The standard InChI is InChI=1S/C14H11FN4O3/c15-19-12(20)5-6-18(14(19)22)13(21)17-8-9-7-16-11-4-2-1-3-10(9)11/h1-7,16H,8H2,(H,17,21). The maximum atomic E-state index is 13.2. The molecule has 0 atom stereocenters. The number of aromatic nitrogens is 3. The van der Waals surface area contributed by atoms with Crippen molar-refractivity contribution in [3.8, 4) is 0 Å². The Labute approximate surface area is 122 Å². The number of amides is 1. The van der Waals surface area contributed by atoms with Gasteiger partial charge in [0.2, 0.25) is 0 Å². The molecule has 0 saturated carbocycles. The highest BCUT2D eigenvalue weighted by atomic mass is 19.2. The summed E-state index contributed by atoms with van der Waals surface area (Å²) in [7, 11) is 0. The maximum absolute atomic E-state index is 13.2. The lowest BCUT2D eigenvalue weighted by atomic mass is 10.2. The quantitative estimate of drug-likeness (QED) is 0.739. The monoisotopic (exact) mass is 302 g/mol. The van der Waals surface area contributed by atoms with Crippen LogP contribution in [0.5, 0.6) is 0 Å². The topological polar surface area (TPSA) is 88.9 Å². The fraction of sp³-hybridized carbons (Fsp3) is 0.0714. The van der Waals surface area contributed by atoms with E-state index in [1.165, 1.54) is 0 Å². The summed E-state index contributed by atoms with van der Waals surface area (Å²) in [6.45, 7) is 0.153. The van der Waals surface area contributed by atoms with Gasteiger partial charge in [-0.3, -0.25) is 4.79 Å². The molecule has 0 unspecified atom stereocenters. The van der Waals surface area contributed by atoms with Gasteiger partial charge >= 0.3 is 11.7 Å². The van der Waals surface area contributed by atoms with E-state index >= 15 is 0 Å². The van der Waals surface area contributed by atoms with Crippen molar-refractivity contribution in [1.82, 2.24) is 19.7 Å². The first-order valence-corrected chi connectivity index (χ1v) is 6.42. The van der Waals surface area contributed by atoms with Crippen LogP contribution >= 0.6 is 0 Å². The Balaban J connectivity index is 1.82. The second kappa shape index (κ2) is 5.32. The van der Waals surface area contributed by atoms with Gasteiger partial charge in [-0.2, -0.15) is 0 Å². The molecule has 2 heterocycles. The number of fused-ring (bicyclic) bond motifs is 1. The van der Waals surface area contributed by atoms with E-state index < -0.39 is 22.1 Å². The van der Waals surface area contributed by atoms with Gasteiger partial charge in [0, 0.05) is 35.9 Å². The summed E-state index contributed by atoms with van der Waals surface area (Å²) in [6, 6.07) is 7.51. The van der Waals surface area contributed by atoms with Gasteiger partial charge in [-0.25, -0.2) is 14.2 Å². The van der Waals surface area contributed by atoms with E-state index in [1.54, 1.807) is 6.20 Å². The molecule has 22 heavy (non-hydrogen) atoms. The summed E-state index contributed by atoms with van der Waals surface area (Å²) >= 11 is 0. The zero-order valence-electron chi connectivity index (χ0n) is 11.2. The first-order chi connectivity index (χ1) is 10.6. The highest BCUT2D eigenvalue weighted by Crippen LogP contribution is 2.17. The molecule has 3 aromatic rings. The number of carbonyl (C=O) groups is 1. The number of carbonyl (C=O) groups excluding carboxylic acids is 1.